The van der Waals surface area contributed by atoms with Gasteiger partial charge >= 0.3 is 0 Å². The fourth-order valence-electron chi connectivity index (χ4n) is 3.41. The molecule has 144 valence electrons. The van der Waals surface area contributed by atoms with Gasteiger partial charge in [0.05, 0.1) is 7.11 Å². The van der Waals surface area contributed by atoms with Crippen LogP contribution in [0.5, 0.6) is 5.75 Å². The number of amides is 1. The van der Waals surface area contributed by atoms with Crippen LogP contribution in [0.3, 0.4) is 0 Å². The molecule has 2 aromatic carbocycles. The molecule has 1 aliphatic rings. The average molecular weight is 398 g/mol. The number of benzene rings is 2. The van der Waals surface area contributed by atoms with Gasteiger partial charge in [-0.2, -0.15) is 4.98 Å². The van der Waals surface area contributed by atoms with Crippen LogP contribution in [0.25, 0.3) is 11.4 Å². The third kappa shape index (κ3) is 3.87. The minimum atomic E-state index is 0.00329. The van der Waals surface area contributed by atoms with E-state index in [0.29, 0.717) is 35.4 Å². The molecule has 0 unspecified atom stereocenters. The molecule has 4 rings (SSSR count). The highest BCUT2D eigenvalue weighted by molar-refractivity contribution is 6.30. The first kappa shape index (κ1) is 18.5. The van der Waals surface area contributed by atoms with Crippen LogP contribution in [0.4, 0.5) is 0 Å². The van der Waals surface area contributed by atoms with Crippen LogP contribution in [0.2, 0.25) is 5.02 Å². The summed E-state index contributed by atoms with van der Waals surface area (Å²) in [4.78, 5) is 19.1. The van der Waals surface area contributed by atoms with Crippen molar-refractivity contribution in [1.82, 2.24) is 15.0 Å². The number of hydrogen-bond donors (Lipinski definition) is 0. The minimum Gasteiger partial charge on any atom is -0.497 e. The molecular weight excluding hydrogens is 378 g/mol. The zero-order valence-corrected chi connectivity index (χ0v) is 16.2. The van der Waals surface area contributed by atoms with E-state index >= 15 is 0 Å². The van der Waals surface area contributed by atoms with E-state index in [9.17, 15) is 4.79 Å². The van der Waals surface area contributed by atoms with Gasteiger partial charge in [0.2, 0.25) is 11.7 Å². The average Bonchev–Trinajstić information content (AvgIpc) is 3.24. The predicted octanol–water partition coefficient (Wildman–Crippen LogP) is 4.42. The third-order valence-corrected chi connectivity index (χ3v) is 5.21. The molecule has 0 spiro atoms. The molecule has 0 saturated carbocycles. The summed E-state index contributed by atoms with van der Waals surface area (Å²) in [6.07, 6.45) is 1.57. The van der Waals surface area contributed by atoms with Crippen molar-refractivity contribution in [1.29, 1.82) is 0 Å². The van der Waals surface area contributed by atoms with E-state index in [1.807, 2.05) is 29.2 Å². The molecular formula is C21H20ClN3O3. The molecule has 1 amide bonds. The van der Waals surface area contributed by atoms with Gasteiger partial charge in [-0.25, -0.2) is 0 Å². The minimum absolute atomic E-state index is 0.00329. The van der Waals surface area contributed by atoms with Gasteiger partial charge < -0.3 is 14.2 Å². The molecule has 3 aromatic rings. The highest BCUT2D eigenvalue weighted by atomic mass is 35.5. The first-order valence-electron chi connectivity index (χ1n) is 9.17. The Morgan fingerprint density at radius 2 is 1.96 bits per heavy atom. The van der Waals surface area contributed by atoms with Gasteiger partial charge in [-0.1, -0.05) is 35.0 Å². The fraction of sp³-hybridized carbons (Fsp3) is 0.286. The maximum Gasteiger partial charge on any atom is 0.253 e. The highest BCUT2D eigenvalue weighted by Crippen LogP contribution is 2.30. The number of likely N-dealkylation sites (tertiary alicyclic amines) is 1. The maximum absolute atomic E-state index is 12.6. The lowest BCUT2D eigenvalue weighted by atomic mass is 9.96. The summed E-state index contributed by atoms with van der Waals surface area (Å²) >= 11 is 6.00. The molecule has 2 heterocycles. The Morgan fingerprint density at radius 1 is 1.18 bits per heavy atom. The third-order valence-electron chi connectivity index (χ3n) is 4.97. The number of aromatic nitrogens is 2. The monoisotopic (exact) mass is 397 g/mol. The molecule has 28 heavy (non-hydrogen) atoms. The van der Waals surface area contributed by atoms with Gasteiger partial charge in [-0.05, 0) is 43.2 Å². The molecule has 0 radical (unpaired) electrons. The van der Waals surface area contributed by atoms with Crippen molar-refractivity contribution in [3.8, 4) is 17.1 Å². The van der Waals surface area contributed by atoms with Gasteiger partial charge in [-0.15, -0.1) is 0 Å². The zero-order chi connectivity index (χ0) is 19.5. The molecule has 1 aromatic heterocycles. The summed E-state index contributed by atoms with van der Waals surface area (Å²) in [6, 6.07) is 14.6. The number of carbonyl (C=O) groups excluding carboxylic acids is 1. The van der Waals surface area contributed by atoms with E-state index in [1.54, 1.807) is 31.4 Å². The van der Waals surface area contributed by atoms with E-state index in [4.69, 9.17) is 20.9 Å². The Morgan fingerprint density at radius 3 is 2.71 bits per heavy atom. The summed E-state index contributed by atoms with van der Waals surface area (Å²) in [5, 5.41) is 4.68. The summed E-state index contributed by atoms with van der Waals surface area (Å²) in [7, 11) is 1.62. The van der Waals surface area contributed by atoms with E-state index in [2.05, 4.69) is 10.1 Å². The van der Waals surface area contributed by atoms with Gasteiger partial charge in [0.15, 0.2) is 0 Å². The van der Waals surface area contributed by atoms with Crippen molar-refractivity contribution in [2.75, 3.05) is 20.2 Å². The van der Waals surface area contributed by atoms with Crippen molar-refractivity contribution in [3.05, 3.63) is 65.0 Å². The van der Waals surface area contributed by atoms with Crippen LogP contribution in [0.1, 0.15) is 35.0 Å². The number of halogens is 1. The van der Waals surface area contributed by atoms with Crippen LogP contribution in [-0.2, 0) is 0 Å². The maximum atomic E-state index is 12.6. The highest BCUT2D eigenvalue weighted by Gasteiger charge is 2.28. The van der Waals surface area contributed by atoms with E-state index in [0.717, 1.165) is 24.2 Å². The smallest absolute Gasteiger partial charge is 0.253 e. The Labute approximate surface area is 168 Å². The molecule has 6 nitrogen and oxygen atoms in total. The van der Waals surface area contributed by atoms with Crippen molar-refractivity contribution < 1.29 is 14.1 Å². The van der Waals surface area contributed by atoms with Crippen molar-refractivity contribution in [3.63, 3.8) is 0 Å². The second-order valence-corrected chi connectivity index (χ2v) is 7.20. The first-order valence-corrected chi connectivity index (χ1v) is 9.54. The lowest BCUT2D eigenvalue weighted by molar-refractivity contribution is 0.0704. The Bertz CT molecular complexity index is 980. The van der Waals surface area contributed by atoms with E-state index < -0.39 is 0 Å². The summed E-state index contributed by atoms with van der Waals surface area (Å²) in [6.45, 7) is 1.29. The largest absolute Gasteiger partial charge is 0.497 e. The molecule has 1 saturated heterocycles. The number of methoxy groups -OCH3 is 1. The van der Waals surface area contributed by atoms with Gasteiger partial charge in [0.25, 0.3) is 5.91 Å². The van der Waals surface area contributed by atoms with Gasteiger partial charge in [-0.3, -0.25) is 4.79 Å². The van der Waals surface area contributed by atoms with Crippen molar-refractivity contribution in [2.24, 2.45) is 0 Å². The Balaban J connectivity index is 1.41. The lowest BCUT2D eigenvalue weighted by Gasteiger charge is -2.30. The second-order valence-electron chi connectivity index (χ2n) is 6.76. The summed E-state index contributed by atoms with van der Waals surface area (Å²) in [5.41, 5.74) is 1.46. The topological polar surface area (TPSA) is 68.5 Å². The molecule has 0 atom stereocenters. The number of rotatable bonds is 4. The quantitative estimate of drug-likeness (QED) is 0.651. The van der Waals surface area contributed by atoms with Crippen molar-refractivity contribution in [2.45, 2.75) is 18.8 Å². The molecule has 7 heteroatoms. The number of piperidine rings is 1. The number of carbonyl (C=O) groups is 1. The van der Waals surface area contributed by atoms with E-state index in [-0.39, 0.29) is 11.8 Å². The fourth-order valence-corrected chi connectivity index (χ4v) is 3.60. The molecule has 1 aliphatic heterocycles. The summed E-state index contributed by atoms with van der Waals surface area (Å²) < 4.78 is 10.8. The van der Waals surface area contributed by atoms with Gasteiger partial charge in [0.1, 0.15) is 5.75 Å². The summed E-state index contributed by atoms with van der Waals surface area (Å²) in [5.74, 6) is 2.06. The van der Waals surface area contributed by atoms with Crippen LogP contribution in [0.15, 0.2) is 53.1 Å². The first-order chi connectivity index (χ1) is 13.6. The van der Waals surface area contributed by atoms with Crippen LogP contribution < -0.4 is 4.74 Å². The Hall–Kier alpha value is -2.86. The molecule has 1 fully saturated rings. The number of ether oxygens (including phenoxy) is 1. The Kier molecular flexibility index (Phi) is 5.30. The molecule has 0 N–H and O–H groups in total. The van der Waals surface area contributed by atoms with Crippen LogP contribution >= 0.6 is 11.6 Å². The number of nitrogens with zero attached hydrogens (tertiary/aromatic N) is 3. The predicted molar refractivity (Wildman–Crippen MR) is 106 cm³/mol. The lowest BCUT2D eigenvalue weighted by Crippen LogP contribution is -2.38. The van der Waals surface area contributed by atoms with Crippen LogP contribution in [0, 0.1) is 0 Å². The SMILES string of the molecule is COc1cccc(-c2noc(C3CCN(C(=O)c4cccc(Cl)c4)CC3)n2)c1. The van der Waals surface area contributed by atoms with E-state index in [1.165, 1.54) is 0 Å². The second kappa shape index (κ2) is 8.02. The normalized spacial score (nSPS) is 14.9. The molecule has 0 bridgehead atoms. The van der Waals surface area contributed by atoms with Crippen molar-refractivity contribution >= 4 is 17.5 Å². The standard InChI is InChI=1S/C21H20ClN3O3/c1-27-18-7-3-4-15(13-18)19-23-20(28-24-19)14-8-10-25(11-9-14)21(26)16-5-2-6-17(22)12-16/h2-7,12-14H,8-11H2,1H3. The molecule has 0 aliphatic carbocycles. The van der Waals surface area contributed by atoms with Crippen LogP contribution in [-0.4, -0.2) is 41.1 Å². The number of hydrogen-bond acceptors (Lipinski definition) is 5. The van der Waals surface area contributed by atoms with Gasteiger partial charge in [0, 0.05) is 35.2 Å². The zero-order valence-electron chi connectivity index (χ0n) is 15.5.